The van der Waals surface area contributed by atoms with Gasteiger partial charge >= 0.3 is 0 Å². The van der Waals surface area contributed by atoms with Gasteiger partial charge in [-0.1, -0.05) is 0 Å². The maximum atomic E-state index is 11.7. The molecule has 0 aromatic carbocycles. The highest BCUT2D eigenvalue weighted by Gasteiger charge is 2.16. The summed E-state index contributed by atoms with van der Waals surface area (Å²) in [6, 6.07) is 2.23. The summed E-state index contributed by atoms with van der Waals surface area (Å²) >= 11 is 0. The molecule has 0 unspecified atom stereocenters. The van der Waals surface area contributed by atoms with Crippen molar-refractivity contribution in [2.75, 3.05) is 33.3 Å². The monoisotopic (exact) mass is 227 g/mol. The molecule has 0 rings (SSSR count). The molecule has 0 heterocycles. The van der Waals surface area contributed by atoms with E-state index in [1.54, 1.807) is 11.9 Å². The van der Waals surface area contributed by atoms with Crippen molar-refractivity contribution in [3.63, 3.8) is 0 Å². The van der Waals surface area contributed by atoms with Crippen molar-refractivity contribution in [2.24, 2.45) is 0 Å². The Kier molecular flexibility index (Phi) is 7.52. The maximum absolute atomic E-state index is 11.7. The van der Waals surface area contributed by atoms with Gasteiger partial charge < -0.3 is 10.0 Å². The first-order valence-electron chi connectivity index (χ1n) is 5.48. The van der Waals surface area contributed by atoms with Crippen LogP contribution in [-0.4, -0.2) is 60.1 Å². The lowest BCUT2D eigenvalue weighted by molar-refractivity contribution is -0.131. The average Bonchev–Trinajstić information content (AvgIpc) is 2.24. The van der Waals surface area contributed by atoms with Crippen LogP contribution < -0.4 is 0 Å². The van der Waals surface area contributed by atoms with Crippen molar-refractivity contribution < 1.29 is 9.90 Å². The lowest BCUT2D eigenvalue weighted by Gasteiger charge is -2.27. The lowest BCUT2D eigenvalue weighted by Crippen LogP contribution is -2.43. The second-order valence-electron chi connectivity index (χ2n) is 4.01. The standard InChI is InChI=1S/C11H21N3O2/c1-10(2)14(7-8-15)9-11(16)13(3)6-4-5-12/h10,15H,4,6-9H2,1-3H3. The van der Waals surface area contributed by atoms with Gasteiger partial charge in [-0.05, 0) is 13.8 Å². The molecule has 5 nitrogen and oxygen atoms in total. The molecule has 0 fully saturated rings. The van der Waals surface area contributed by atoms with Crippen molar-refractivity contribution in [3.8, 4) is 6.07 Å². The predicted octanol–water partition coefficient (Wildman–Crippen LogP) is 0.0612. The number of carbonyl (C=O) groups is 1. The normalized spacial score (nSPS) is 10.6. The van der Waals surface area contributed by atoms with Gasteiger partial charge in [-0.25, -0.2) is 0 Å². The maximum Gasteiger partial charge on any atom is 0.236 e. The van der Waals surface area contributed by atoms with Gasteiger partial charge in [0.25, 0.3) is 0 Å². The van der Waals surface area contributed by atoms with Crippen molar-refractivity contribution >= 4 is 5.91 Å². The van der Waals surface area contributed by atoms with Crippen molar-refractivity contribution in [3.05, 3.63) is 0 Å². The van der Waals surface area contributed by atoms with Gasteiger partial charge in [-0.15, -0.1) is 0 Å². The van der Waals surface area contributed by atoms with Gasteiger partial charge in [0.2, 0.25) is 5.91 Å². The predicted molar refractivity (Wildman–Crippen MR) is 61.7 cm³/mol. The number of aliphatic hydroxyl groups is 1. The van der Waals surface area contributed by atoms with Gasteiger partial charge in [-0.3, -0.25) is 9.69 Å². The minimum Gasteiger partial charge on any atom is -0.395 e. The molecular weight excluding hydrogens is 206 g/mol. The fraction of sp³-hybridized carbons (Fsp3) is 0.818. The van der Waals surface area contributed by atoms with E-state index in [0.29, 0.717) is 26.1 Å². The Morgan fingerprint density at radius 2 is 2.06 bits per heavy atom. The van der Waals surface area contributed by atoms with E-state index in [9.17, 15) is 4.79 Å². The van der Waals surface area contributed by atoms with Gasteiger partial charge in [0, 0.05) is 26.2 Å². The summed E-state index contributed by atoms with van der Waals surface area (Å²) in [5.74, 6) is -0.0163. The highest BCUT2D eigenvalue weighted by atomic mass is 16.3. The number of likely N-dealkylation sites (N-methyl/N-ethyl adjacent to an activating group) is 1. The van der Waals surface area contributed by atoms with E-state index in [1.165, 1.54) is 0 Å². The SMILES string of the molecule is CC(C)N(CCO)CC(=O)N(C)CCC#N. The van der Waals surface area contributed by atoms with Crippen LogP contribution in [0.25, 0.3) is 0 Å². The number of hydrogen-bond acceptors (Lipinski definition) is 4. The fourth-order valence-electron chi connectivity index (χ4n) is 1.29. The van der Waals surface area contributed by atoms with E-state index < -0.39 is 0 Å². The number of nitriles is 1. The van der Waals surface area contributed by atoms with Crippen LogP contribution in [0.4, 0.5) is 0 Å². The second kappa shape index (κ2) is 8.08. The third kappa shape index (κ3) is 5.69. The summed E-state index contributed by atoms with van der Waals surface area (Å²) < 4.78 is 0. The molecule has 0 aliphatic heterocycles. The van der Waals surface area contributed by atoms with E-state index in [1.807, 2.05) is 24.8 Å². The molecule has 92 valence electrons. The van der Waals surface area contributed by atoms with Crippen LogP contribution in [-0.2, 0) is 4.79 Å². The minimum absolute atomic E-state index is 0.0163. The quantitative estimate of drug-likeness (QED) is 0.668. The Bertz CT molecular complexity index is 248. The molecule has 0 aliphatic carbocycles. The highest BCUT2D eigenvalue weighted by Crippen LogP contribution is 1.99. The van der Waals surface area contributed by atoms with E-state index in [-0.39, 0.29) is 18.6 Å². The molecule has 0 atom stereocenters. The molecule has 16 heavy (non-hydrogen) atoms. The van der Waals surface area contributed by atoms with E-state index >= 15 is 0 Å². The Balaban J connectivity index is 4.13. The van der Waals surface area contributed by atoms with Gasteiger partial charge in [0.05, 0.1) is 25.6 Å². The molecule has 1 N–H and O–H groups in total. The van der Waals surface area contributed by atoms with E-state index in [2.05, 4.69) is 0 Å². The van der Waals surface area contributed by atoms with Crippen LogP contribution in [0.15, 0.2) is 0 Å². The molecule has 0 spiro atoms. The smallest absolute Gasteiger partial charge is 0.236 e. The minimum atomic E-state index is -0.0163. The molecule has 0 aliphatic rings. The van der Waals surface area contributed by atoms with Gasteiger partial charge in [0.15, 0.2) is 0 Å². The Labute approximate surface area is 97.3 Å². The summed E-state index contributed by atoms with van der Waals surface area (Å²) in [5.41, 5.74) is 0. The zero-order chi connectivity index (χ0) is 12.6. The topological polar surface area (TPSA) is 67.6 Å². The lowest BCUT2D eigenvalue weighted by atomic mass is 10.3. The van der Waals surface area contributed by atoms with Gasteiger partial charge in [-0.2, -0.15) is 5.26 Å². The summed E-state index contributed by atoms with van der Waals surface area (Å²) in [6.07, 6.45) is 0.351. The Morgan fingerprint density at radius 3 is 2.50 bits per heavy atom. The first kappa shape index (κ1) is 14.9. The molecule has 0 saturated heterocycles. The molecular formula is C11H21N3O2. The van der Waals surface area contributed by atoms with Crippen LogP contribution in [0.2, 0.25) is 0 Å². The molecule has 0 aromatic rings. The Hall–Kier alpha value is -1.12. The summed E-state index contributed by atoms with van der Waals surface area (Å²) in [4.78, 5) is 15.2. The third-order valence-corrected chi connectivity index (χ3v) is 2.44. The van der Waals surface area contributed by atoms with E-state index in [4.69, 9.17) is 10.4 Å². The van der Waals surface area contributed by atoms with Crippen LogP contribution in [0.1, 0.15) is 20.3 Å². The number of rotatable bonds is 7. The summed E-state index contributed by atoms with van der Waals surface area (Å²) in [5, 5.41) is 17.3. The first-order chi connectivity index (χ1) is 7.52. The molecule has 0 bridgehead atoms. The average molecular weight is 227 g/mol. The number of carbonyl (C=O) groups excluding carboxylic acids is 1. The van der Waals surface area contributed by atoms with Crippen LogP contribution in [0.5, 0.6) is 0 Å². The zero-order valence-corrected chi connectivity index (χ0v) is 10.3. The van der Waals surface area contributed by atoms with Crippen LogP contribution >= 0.6 is 0 Å². The van der Waals surface area contributed by atoms with Crippen molar-refractivity contribution in [1.29, 1.82) is 5.26 Å². The summed E-state index contributed by atoms with van der Waals surface area (Å²) in [6.45, 7) is 5.26. The Morgan fingerprint density at radius 1 is 1.44 bits per heavy atom. The molecule has 1 amide bonds. The van der Waals surface area contributed by atoms with Crippen molar-refractivity contribution in [2.45, 2.75) is 26.3 Å². The number of amides is 1. The molecule has 0 aromatic heterocycles. The number of hydrogen-bond donors (Lipinski definition) is 1. The largest absolute Gasteiger partial charge is 0.395 e. The third-order valence-electron chi connectivity index (χ3n) is 2.44. The molecule has 0 saturated carbocycles. The number of aliphatic hydroxyl groups excluding tert-OH is 1. The summed E-state index contributed by atoms with van der Waals surface area (Å²) in [7, 11) is 1.69. The zero-order valence-electron chi connectivity index (χ0n) is 10.3. The van der Waals surface area contributed by atoms with Gasteiger partial charge in [0.1, 0.15) is 0 Å². The number of nitrogens with zero attached hydrogens (tertiary/aromatic N) is 3. The van der Waals surface area contributed by atoms with Crippen LogP contribution in [0.3, 0.4) is 0 Å². The molecule has 5 heteroatoms. The van der Waals surface area contributed by atoms with E-state index in [0.717, 1.165) is 0 Å². The fourth-order valence-corrected chi connectivity index (χ4v) is 1.29. The first-order valence-corrected chi connectivity index (χ1v) is 5.48. The highest BCUT2D eigenvalue weighted by molar-refractivity contribution is 5.78. The van der Waals surface area contributed by atoms with Crippen molar-refractivity contribution in [1.82, 2.24) is 9.80 Å². The second-order valence-corrected chi connectivity index (χ2v) is 4.01. The van der Waals surface area contributed by atoms with Crippen LogP contribution in [0, 0.1) is 11.3 Å². The molecule has 0 radical (unpaired) electrons.